The molecule has 156 valence electrons. The van der Waals surface area contributed by atoms with Crippen LogP contribution in [-0.2, 0) is 11.2 Å². The van der Waals surface area contributed by atoms with Crippen molar-refractivity contribution in [1.82, 2.24) is 0 Å². The Hall–Kier alpha value is -2.57. The van der Waals surface area contributed by atoms with Crippen molar-refractivity contribution in [3.63, 3.8) is 0 Å². The van der Waals surface area contributed by atoms with Crippen LogP contribution in [0.2, 0.25) is 0 Å². The largest absolute Gasteiger partial charge is 0.369 e. The van der Waals surface area contributed by atoms with Gasteiger partial charge in [-0.2, -0.15) is 4.99 Å². The predicted octanol–water partition coefficient (Wildman–Crippen LogP) is 3.12. The highest BCUT2D eigenvalue weighted by Crippen LogP contribution is 2.41. The molecule has 1 saturated carbocycles. The summed E-state index contributed by atoms with van der Waals surface area (Å²) < 4.78 is 0. The summed E-state index contributed by atoms with van der Waals surface area (Å²) in [6, 6.07) is 6.26. The summed E-state index contributed by atoms with van der Waals surface area (Å²) in [5.41, 5.74) is 14.7. The summed E-state index contributed by atoms with van der Waals surface area (Å²) in [5, 5.41) is 0. The highest BCUT2D eigenvalue weighted by molar-refractivity contribution is 6.06. The Morgan fingerprint density at radius 3 is 2.52 bits per heavy atom. The monoisotopic (exact) mass is 396 g/mol. The number of anilines is 2. The Labute approximate surface area is 172 Å². The van der Waals surface area contributed by atoms with Crippen LogP contribution in [0.25, 0.3) is 0 Å². The van der Waals surface area contributed by atoms with Gasteiger partial charge in [-0.3, -0.25) is 9.69 Å². The average molecular weight is 397 g/mol. The lowest BCUT2D eigenvalue weighted by atomic mass is 9.87. The van der Waals surface area contributed by atoms with E-state index in [0.717, 1.165) is 56.4 Å². The normalized spacial score (nSPS) is 21.5. The molecule has 4 N–H and O–H groups in total. The van der Waals surface area contributed by atoms with E-state index in [2.05, 4.69) is 22.0 Å². The molecule has 29 heavy (non-hydrogen) atoms. The van der Waals surface area contributed by atoms with Gasteiger partial charge in [0.15, 0.2) is 0 Å². The summed E-state index contributed by atoms with van der Waals surface area (Å²) in [5.74, 6) is 0.824. The molecule has 1 amide bonds. The van der Waals surface area contributed by atoms with Crippen molar-refractivity contribution in [3.8, 4) is 0 Å². The van der Waals surface area contributed by atoms with Crippen molar-refractivity contribution in [3.05, 3.63) is 23.8 Å². The first-order valence-electron chi connectivity index (χ1n) is 10.7. The van der Waals surface area contributed by atoms with Crippen molar-refractivity contribution in [2.75, 3.05) is 16.3 Å². The third-order valence-corrected chi connectivity index (χ3v) is 6.18. The molecule has 7 nitrogen and oxygen atoms in total. The fourth-order valence-electron chi connectivity index (χ4n) is 4.83. The number of hydrogen-bond donors (Lipinski definition) is 2. The zero-order valence-electron chi connectivity index (χ0n) is 17.7. The molecule has 0 atom stereocenters. The van der Waals surface area contributed by atoms with Crippen LogP contribution >= 0.6 is 0 Å². The van der Waals surface area contributed by atoms with Crippen LogP contribution in [0.1, 0.15) is 64.9 Å². The fourth-order valence-corrected chi connectivity index (χ4v) is 4.83. The lowest BCUT2D eigenvalue weighted by Gasteiger charge is -2.46. The number of nitrogens with zero attached hydrogens (tertiary/aromatic N) is 4. The van der Waals surface area contributed by atoms with Gasteiger partial charge in [0.1, 0.15) is 5.66 Å². The minimum Gasteiger partial charge on any atom is -0.369 e. The molecule has 2 aliphatic heterocycles. The predicted molar refractivity (Wildman–Crippen MR) is 118 cm³/mol. The van der Waals surface area contributed by atoms with Crippen LogP contribution in [0.4, 0.5) is 11.4 Å². The average Bonchev–Trinajstić information content (AvgIpc) is 2.66. The number of amides is 1. The highest BCUT2D eigenvalue weighted by atomic mass is 16.2. The quantitative estimate of drug-likeness (QED) is 0.761. The first-order chi connectivity index (χ1) is 13.7. The van der Waals surface area contributed by atoms with Crippen LogP contribution in [0.15, 0.2) is 28.2 Å². The van der Waals surface area contributed by atoms with Gasteiger partial charge in [-0.1, -0.05) is 27.2 Å². The third kappa shape index (κ3) is 3.47. The number of rotatable bonds is 1. The van der Waals surface area contributed by atoms with E-state index < -0.39 is 11.1 Å². The van der Waals surface area contributed by atoms with E-state index in [1.54, 1.807) is 0 Å². The molecule has 0 bridgehead atoms. The van der Waals surface area contributed by atoms with Crippen LogP contribution in [-0.4, -0.2) is 30.0 Å². The molecular formula is C22H32N6O. The Balaban J connectivity index is 1.73. The van der Waals surface area contributed by atoms with Gasteiger partial charge in [0.05, 0.1) is 0 Å². The molecule has 7 heteroatoms. The number of aryl methyl sites for hydroxylation is 1. The van der Waals surface area contributed by atoms with Crippen molar-refractivity contribution in [2.45, 2.75) is 71.4 Å². The van der Waals surface area contributed by atoms with Crippen LogP contribution in [0.5, 0.6) is 0 Å². The van der Waals surface area contributed by atoms with Crippen LogP contribution < -0.4 is 21.3 Å². The van der Waals surface area contributed by atoms with Crippen molar-refractivity contribution in [1.29, 1.82) is 0 Å². The van der Waals surface area contributed by atoms with Crippen molar-refractivity contribution >= 4 is 29.2 Å². The molecular weight excluding hydrogens is 364 g/mol. The molecule has 2 heterocycles. The van der Waals surface area contributed by atoms with E-state index in [0.29, 0.717) is 5.96 Å². The van der Waals surface area contributed by atoms with E-state index in [1.165, 1.54) is 12.0 Å². The maximum Gasteiger partial charge on any atom is 0.232 e. The van der Waals surface area contributed by atoms with Gasteiger partial charge < -0.3 is 16.4 Å². The minimum absolute atomic E-state index is 0.159. The first kappa shape index (κ1) is 19.7. The molecule has 0 radical (unpaired) electrons. The Morgan fingerprint density at radius 1 is 1.10 bits per heavy atom. The van der Waals surface area contributed by atoms with Gasteiger partial charge >= 0.3 is 0 Å². The standard InChI is InChI=1S/C22H32N6O/c1-21(2,3)18(29)27-13-7-8-15-14-16(9-10-17(15)27)28-20(24)25-19(23)26-22(28)11-5-4-6-12-22/h9-10,14H,4-8,11-13H2,1-3H3,(H4,23,24,25,26). The second-order valence-corrected chi connectivity index (χ2v) is 9.44. The Bertz CT molecular complexity index is 876. The number of fused-ring (bicyclic) bond motifs is 1. The van der Waals surface area contributed by atoms with Gasteiger partial charge in [-0.25, -0.2) is 4.99 Å². The second-order valence-electron chi connectivity index (χ2n) is 9.44. The van der Waals surface area contributed by atoms with Gasteiger partial charge in [0.2, 0.25) is 17.8 Å². The maximum absolute atomic E-state index is 12.9. The van der Waals surface area contributed by atoms with Gasteiger partial charge in [0, 0.05) is 23.3 Å². The number of carbonyl (C=O) groups excluding carboxylic acids is 1. The zero-order valence-corrected chi connectivity index (χ0v) is 17.7. The van der Waals surface area contributed by atoms with Gasteiger partial charge in [0.25, 0.3) is 0 Å². The number of aliphatic imine (C=N–C) groups is 2. The third-order valence-electron chi connectivity index (χ3n) is 6.18. The maximum atomic E-state index is 12.9. The summed E-state index contributed by atoms with van der Waals surface area (Å²) in [6.45, 7) is 6.68. The van der Waals surface area contributed by atoms with E-state index in [9.17, 15) is 4.79 Å². The topological polar surface area (TPSA) is 100 Å². The van der Waals surface area contributed by atoms with Gasteiger partial charge in [-0.15, -0.1) is 0 Å². The molecule has 1 fully saturated rings. The fraction of sp³-hybridized carbons (Fsp3) is 0.591. The SMILES string of the molecule is CC(C)(C)C(=O)N1CCCc2cc(N3C(N)=NC(N)=NC34CCCCC4)ccc21. The molecule has 0 aromatic heterocycles. The Morgan fingerprint density at radius 2 is 1.83 bits per heavy atom. The smallest absolute Gasteiger partial charge is 0.232 e. The molecule has 1 aliphatic carbocycles. The molecule has 4 rings (SSSR count). The van der Waals surface area contributed by atoms with Crippen LogP contribution in [0, 0.1) is 5.41 Å². The molecule has 0 unspecified atom stereocenters. The van der Waals surface area contributed by atoms with Crippen molar-refractivity contribution in [2.24, 2.45) is 26.9 Å². The number of nitrogens with two attached hydrogens (primary N) is 2. The molecule has 0 saturated heterocycles. The number of guanidine groups is 2. The second kappa shape index (κ2) is 7.04. The lowest BCUT2D eigenvalue weighted by Crippen LogP contribution is -2.58. The zero-order chi connectivity index (χ0) is 20.8. The molecule has 1 aromatic rings. The van der Waals surface area contributed by atoms with Crippen molar-refractivity contribution < 1.29 is 4.79 Å². The van der Waals surface area contributed by atoms with E-state index in [1.807, 2.05) is 31.7 Å². The summed E-state index contributed by atoms with van der Waals surface area (Å²) in [4.78, 5) is 26.0. The molecule has 1 spiro atoms. The van der Waals surface area contributed by atoms with Crippen LogP contribution in [0.3, 0.4) is 0 Å². The molecule has 3 aliphatic rings. The summed E-state index contributed by atoms with van der Waals surface area (Å²) in [7, 11) is 0. The summed E-state index contributed by atoms with van der Waals surface area (Å²) in [6.07, 6.45) is 7.12. The van der Waals surface area contributed by atoms with E-state index in [-0.39, 0.29) is 11.9 Å². The van der Waals surface area contributed by atoms with E-state index in [4.69, 9.17) is 16.5 Å². The highest BCUT2D eigenvalue weighted by Gasteiger charge is 2.43. The first-order valence-corrected chi connectivity index (χ1v) is 10.7. The van der Waals surface area contributed by atoms with E-state index >= 15 is 0 Å². The minimum atomic E-state index is -0.446. The number of benzene rings is 1. The molecule has 1 aromatic carbocycles. The summed E-state index contributed by atoms with van der Waals surface area (Å²) >= 11 is 0. The Kier molecular flexibility index (Phi) is 4.79. The lowest BCUT2D eigenvalue weighted by molar-refractivity contribution is -0.125. The number of hydrogen-bond acceptors (Lipinski definition) is 6. The number of carbonyl (C=O) groups is 1. The van der Waals surface area contributed by atoms with Gasteiger partial charge in [-0.05, 0) is 62.3 Å².